The van der Waals surface area contributed by atoms with Crippen LogP contribution < -0.4 is 5.56 Å². The number of cyclic esters (lactones) is 1. The van der Waals surface area contributed by atoms with Crippen LogP contribution in [-0.2, 0) is 28.3 Å². The third-order valence-electron chi connectivity index (χ3n) is 5.24. The Morgan fingerprint density at radius 1 is 1.23 bits per heavy atom. The number of hydrogen-bond acceptors (Lipinski definition) is 6. The molecule has 0 bridgehead atoms. The van der Waals surface area contributed by atoms with Gasteiger partial charge in [0, 0.05) is 5.56 Å². The molecule has 0 fully saturated rings. The monoisotopic (exact) mass is 349 g/mol. The quantitative estimate of drug-likeness (QED) is 0.523. The summed E-state index contributed by atoms with van der Waals surface area (Å²) in [5, 5.41) is 10.8. The number of esters is 1. The van der Waals surface area contributed by atoms with Crippen LogP contribution in [0.5, 0.6) is 0 Å². The zero-order chi connectivity index (χ0) is 18.1. The van der Waals surface area contributed by atoms with Gasteiger partial charge in [0.25, 0.3) is 5.56 Å². The maximum Gasteiger partial charge on any atom is 0.343 e. The molecule has 1 unspecified atom stereocenters. The Bertz CT molecular complexity index is 1170. The molecule has 0 aliphatic carbocycles. The van der Waals surface area contributed by atoms with E-state index in [9.17, 15) is 14.7 Å². The Morgan fingerprint density at radius 2 is 1.96 bits per heavy atom. The molecule has 130 valence electrons. The van der Waals surface area contributed by atoms with Crippen molar-refractivity contribution in [2.24, 2.45) is 0 Å². The van der Waals surface area contributed by atoms with Crippen LogP contribution in [0.15, 0.2) is 35.1 Å². The summed E-state index contributed by atoms with van der Waals surface area (Å²) in [6, 6.07) is 9.20. The van der Waals surface area contributed by atoms with Gasteiger partial charge in [0.2, 0.25) is 0 Å². The number of fused-ring (bicyclic) bond motifs is 5. The van der Waals surface area contributed by atoms with Crippen LogP contribution in [0.25, 0.3) is 22.4 Å². The van der Waals surface area contributed by atoms with Gasteiger partial charge in [-0.15, -0.1) is 0 Å². The lowest BCUT2D eigenvalue weighted by molar-refractivity contribution is -0.172. The topological polar surface area (TPSA) is 94.3 Å². The maximum absolute atomic E-state index is 13.0. The Labute approximate surface area is 147 Å². The zero-order valence-corrected chi connectivity index (χ0v) is 14.0. The summed E-state index contributed by atoms with van der Waals surface area (Å²) in [7, 11) is 0. The van der Waals surface area contributed by atoms with Crippen LogP contribution in [0, 0.1) is 0 Å². The van der Waals surface area contributed by atoms with E-state index in [1.54, 1.807) is 17.6 Å². The molecule has 26 heavy (non-hydrogen) atoms. The molecule has 2 aliphatic heterocycles. The van der Waals surface area contributed by atoms with Crippen LogP contribution >= 0.6 is 0 Å². The number of nitrogens with zero attached hydrogens (tertiary/aromatic N) is 3. The molecule has 0 radical (unpaired) electrons. The fraction of sp³-hybridized carbons (Fsp3) is 0.263. The molecule has 0 saturated carbocycles. The van der Waals surface area contributed by atoms with E-state index in [1.165, 1.54) is 0 Å². The number of para-hydroxylation sites is 2. The number of benzene rings is 1. The van der Waals surface area contributed by atoms with E-state index in [0.29, 0.717) is 34.8 Å². The number of carbonyl (C=O) groups is 1. The SMILES string of the molecule is CCC1(O)C(=O)OCc2c1cc1n(c2=O)Cc2nc3ccccc3nc2-1. The van der Waals surface area contributed by atoms with E-state index < -0.39 is 11.6 Å². The lowest BCUT2D eigenvalue weighted by Gasteiger charge is -2.31. The molecule has 7 nitrogen and oxygen atoms in total. The van der Waals surface area contributed by atoms with Gasteiger partial charge >= 0.3 is 5.97 Å². The van der Waals surface area contributed by atoms with Crippen molar-refractivity contribution >= 4 is 17.0 Å². The van der Waals surface area contributed by atoms with Crippen molar-refractivity contribution in [1.29, 1.82) is 0 Å². The first-order valence-electron chi connectivity index (χ1n) is 8.45. The van der Waals surface area contributed by atoms with E-state index in [0.717, 1.165) is 11.0 Å². The maximum atomic E-state index is 13.0. The summed E-state index contributed by atoms with van der Waals surface area (Å²) < 4.78 is 6.64. The van der Waals surface area contributed by atoms with Gasteiger partial charge in [-0.2, -0.15) is 0 Å². The Kier molecular flexibility index (Phi) is 2.92. The summed E-state index contributed by atoms with van der Waals surface area (Å²) in [6.45, 7) is 1.87. The minimum Gasteiger partial charge on any atom is -0.458 e. The number of pyridine rings is 1. The van der Waals surface area contributed by atoms with Gasteiger partial charge in [-0.25, -0.2) is 14.8 Å². The molecule has 0 saturated heterocycles. The molecule has 5 rings (SSSR count). The number of carbonyl (C=O) groups excluding carboxylic acids is 1. The minimum atomic E-state index is -1.81. The minimum absolute atomic E-state index is 0.123. The van der Waals surface area contributed by atoms with Gasteiger partial charge in [0.15, 0.2) is 5.60 Å². The zero-order valence-electron chi connectivity index (χ0n) is 14.0. The molecule has 4 heterocycles. The second-order valence-corrected chi connectivity index (χ2v) is 6.61. The molecular formula is C19H15N3O4. The van der Waals surface area contributed by atoms with Gasteiger partial charge in [0.1, 0.15) is 12.3 Å². The molecule has 2 aliphatic rings. The van der Waals surface area contributed by atoms with Crippen molar-refractivity contribution < 1.29 is 14.6 Å². The Hall–Kier alpha value is -3.06. The highest BCUT2D eigenvalue weighted by atomic mass is 16.6. The van der Waals surface area contributed by atoms with E-state index in [-0.39, 0.29) is 18.6 Å². The van der Waals surface area contributed by atoms with Crippen LogP contribution in [-0.4, -0.2) is 25.6 Å². The van der Waals surface area contributed by atoms with Crippen molar-refractivity contribution in [2.45, 2.75) is 32.1 Å². The predicted octanol–water partition coefficient (Wildman–Crippen LogP) is 1.47. The third-order valence-corrected chi connectivity index (χ3v) is 5.24. The average molecular weight is 349 g/mol. The predicted molar refractivity (Wildman–Crippen MR) is 92.3 cm³/mol. The first-order chi connectivity index (χ1) is 12.5. The first kappa shape index (κ1) is 15.2. The Balaban J connectivity index is 1.81. The second-order valence-electron chi connectivity index (χ2n) is 6.61. The van der Waals surface area contributed by atoms with Crippen molar-refractivity contribution in [3.63, 3.8) is 0 Å². The van der Waals surface area contributed by atoms with Gasteiger partial charge in [-0.05, 0) is 24.6 Å². The van der Waals surface area contributed by atoms with E-state index in [4.69, 9.17) is 4.74 Å². The molecule has 7 heteroatoms. The standard InChI is InChI=1S/C19H15N3O4/c1-2-19(25)11-7-15-16-14(20-12-5-3-4-6-13(12)21-16)8-22(15)17(23)10(11)9-26-18(19)24/h3-7,25H,2,8-9H2,1H3. The van der Waals surface area contributed by atoms with E-state index >= 15 is 0 Å². The number of rotatable bonds is 1. The summed E-state index contributed by atoms with van der Waals surface area (Å²) in [5.41, 5.74) is 1.93. The fourth-order valence-corrected chi connectivity index (χ4v) is 3.75. The highest BCUT2D eigenvalue weighted by Gasteiger charge is 2.45. The molecule has 1 aromatic carbocycles. The van der Waals surface area contributed by atoms with Crippen LogP contribution in [0.3, 0.4) is 0 Å². The third kappa shape index (κ3) is 1.80. The summed E-state index contributed by atoms with van der Waals surface area (Å²) in [6.07, 6.45) is 0.123. The number of aliphatic hydroxyl groups is 1. The van der Waals surface area contributed by atoms with E-state index in [2.05, 4.69) is 9.97 Å². The number of ether oxygens (including phenoxy) is 1. The van der Waals surface area contributed by atoms with E-state index in [1.807, 2.05) is 24.3 Å². The summed E-state index contributed by atoms with van der Waals surface area (Å²) >= 11 is 0. The van der Waals surface area contributed by atoms with Crippen molar-refractivity contribution in [1.82, 2.24) is 14.5 Å². The van der Waals surface area contributed by atoms with Crippen molar-refractivity contribution in [2.75, 3.05) is 0 Å². The van der Waals surface area contributed by atoms with Crippen LogP contribution in [0.1, 0.15) is 30.2 Å². The molecular weight excluding hydrogens is 334 g/mol. The highest BCUT2D eigenvalue weighted by Crippen LogP contribution is 2.37. The smallest absolute Gasteiger partial charge is 0.343 e. The van der Waals surface area contributed by atoms with Crippen LogP contribution in [0.4, 0.5) is 0 Å². The normalized spacial score (nSPS) is 20.5. The first-order valence-corrected chi connectivity index (χ1v) is 8.45. The lowest BCUT2D eigenvalue weighted by Crippen LogP contribution is -2.44. The molecule has 2 aromatic heterocycles. The summed E-state index contributed by atoms with van der Waals surface area (Å²) in [4.78, 5) is 34.4. The molecule has 1 atom stereocenters. The van der Waals surface area contributed by atoms with Gasteiger partial charge in [-0.3, -0.25) is 4.79 Å². The van der Waals surface area contributed by atoms with Gasteiger partial charge in [0.05, 0.1) is 34.5 Å². The number of aromatic nitrogens is 3. The Morgan fingerprint density at radius 3 is 2.69 bits per heavy atom. The van der Waals surface area contributed by atoms with Gasteiger partial charge in [-0.1, -0.05) is 19.1 Å². The molecule has 3 aromatic rings. The highest BCUT2D eigenvalue weighted by molar-refractivity contribution is 5.84. The fourth-order valence-electron chi connectivity index (χ4n) is 3.75. The second kappa shape index (κ2) is 4.98. The lowest BCUT2D eigenvalue weighted by atomic mass is 9.86. The van der Waals surface area contributed by atoms with Crippen molar-refractivity contribution in [3.05, 3.63) is 57.5 Å². The van der Waals surface area contributed by atoms with Gasteiger partial charge < -0.3 is 14.4 Å². The molecule has 1 N–H and O–H groups in total. The van der Waals surface area contributed by atoms with Crippen LogP contribution in [0.2, 0.25) is 0 Å². The molecule has 0 amide bonds. The largest absolute Gasteiger partial charge is 0.458 e. The summed E-state index contributed by atoms with van der Waals surface area (Å²) in [5.74, 6) is -0.723. The number of hydrogen-bond donors (Lipinski definition) is 1. The van der Waals surface area contributed by atoms with Crippen molar-refractivity contribution in [3.8, 4) is 11.4 Å². The average Bonchev–Trinajstić information content (AvgIpc) is 3.01. The molecule has 0 spiro atoms.